The van der Waals surface area contributed by atoms with E-state index in [0.717, 1.165) is 16.7 Å². The van der Waals surface area contributed by atoms with Crippen LogP contribution in [0.3, 0.4) is 0 Å². The molecule has 94 valence electrons. The van der Waals surface area contributed by atoms with E-state index in [0.29, 0.717) is 5.56 Å². The lowest BCUT2D eigenvalue weighted by atomic mass is 9.96. The van der Waals surface area contributed by atoms with Crippen LogP contribution >= 0.6 is 0 Å². The molecule has 0 spiro atoms. The van der Waals surface area contributed by atoms with E-state index in [4.69, 9.17) is 0 Å². The van der Waals surface area contributed by atoms with E-state index >= 15 is 0 Å². The lowest BCUT2D eigenvalue weighted by Crippen LogP contribution is -1.93. The number of aryl methyl sites for hydroxylation is 2. The fraction of sp³-hybridized carbons (Fsp3) is 0.250. The van der Waals surface area contributed by atoms with E-state index < -0.39 is 11.6 Å². The van der Waals surface area contributed by atoms with Gasteiger partial charge in [-0.25, -0.2) is 8.78 Å². The molecule has 0 fully saturated rings. The minimum atomic E-state index is -0.499. The van der Waals surface area contributed by atoms with Gasteiger partial charge in [0.15, 0.2) is 0 Å². The molecule has 0 bridgehead atoms. The first-order valence-electron chi connectivity index (χ1n) is 5.94. The first-order valence-corrected chi connectivity index (χ1v) is 5.94. The summed E-state index contributed by atoms with van der Waals surface area (Å²) in [6, 6.07) is 6.71. The molecule has 0 atom stereocenters. The monoisotopic (exact) mass is 246 g/mol. The van der Waals surface area contributed by atoms with E-state index in [1.807, 2.05) is 32.9 Å². The number of hydrogen-bond donors (Lipinski definition) is 0. The minimum Gasteiger partial charge on any atom is -0.207 e. The molecule has 18 heavy (non-hydrogen) atoms. The Morgan fingerprint density at radius 3 is 1.44 bits per heavy atom. The maximum absolute atomic E-state index is 13.6. The Kier molecular flexibility index (Phi) is 3.20. The van der Waals surface area contributed by atoms with Gasteiger partial charge < -0.3 is 0 Å². The van der Waals surface area contributed by atoms with Crippen molar-refractivity contribution in [3.8, 4) is 11.1 Å². The van der Waals surface area contributed by atoms with Crippen molar-refractivity contribution in [2.75, 3.05) is 0 Å². The Morgan fingerprint density at radius 1 is 0.611 bits per heavy atom. The summed E-state index contributed by atoms with van der Waals surface area (Å²) in [5.74, 6) is -0.998. The third-order valence-electron chi connectivity index (χ3n) is 3.54. The van der Waals surface area contributed by atoms with Gasteiger partial charge in [0.05, 0.1) is 0 Å². The molecule has 2 aromatic carbocycles. The lowest BCUT2D eigenvalue weighted by molar-refractivity contribution is 0.569. The smallest absolute Gasteiger partial charge is 0.129 e. The highest BCUT2D eigenvalue weighted by atomic mass is 19.1. The molecule has 0 nitrogen and oxygen atoms in total. The summed E-state index contributed by atoms with van der Waals surface area (Å²) in [7, 11) is 0. The van der Waals surface area contributed by atoms with E-state index in [1.54, 1.807) is 0 Å². The van der Waals surface area contributed by atoms with Gasteiger partial charge in [-0.05, 0) is 67.6 Å². The Bertz CT molecular complexity index is 511. The Hall–Kier alpha value is -1.70. The third-order valence-corrected chi connectivity index (χ3v) is 3.54. The quantitative estimate of drug-likeness (QED) is 0.673. The molecule has 0 aliphatic rings. The van der Waals surface area contributed by atoms with Gasteiger partial charge in [0.1, 0.15) is 11.6 Å². The van der Waals surface area contributed by atoms with E-state index in [2.05, 4.69) is 0 Å². The Labute approximate surface area is 106 Å². The summed E-state index contributed by atoms with van der Waals surface area (Å²) >= 11 is 0. The summed E-state index contributed by atoms with van der Waals surface area (Å²) in [6.07, 6.45) is 0. The second kappa shape index (κ2) is 4.52. The largest absolute Gasteiger partial charge is 0.207 e. The van der Waals surface area contributed by atoms with Crippen molar-refractivity contribution < 1.29 is 8.78 Å². The second-order valence-corrected chi connectivity index (χ2v) is 4.80. The molecule has 0 radical (unpaired) electrons. The standard InChI is InChI=1S/C16H16F2/c1-9-5-13(6-10(2)11(9)3)14-7-15(17)12(4)16(18)8-14/h5-8H,1-4H3. The minimum absolute atomic E-state index is 0.0688. The molecule has 0 saturated heterocycles. The van der Waals surface area contributed by atoms with Gasteiger partial charge in [-0.2, -0.15) is 0 Å². The SMILES string of the molecule is Cc1cc(-c2cc(F)c(C)c(F)c2)cc(C)c1C. The fourth-order valence-corrected chi connectivity index (χ4v) is 2.01. The molecule has 0 aliphatic heterocycles. The molecule has 0 heterocycles. The number of rotatable bonds is 1. The molecule has 0 aromatic heterocycles. The molecule has 0 N–H and O–H groups in total. The van der Waals surface area contributed by atoms with E-state index in [9.17, 15) is 8.78 Å². The van der Waals surface area contributed by atoms with E-state index in [-0.39, 0.29) is 5.56 Å². The van der Waals surface area contributed by atoms with Crippen LogP contribution in [0.25, 0.3) is 11.1 Å². The predicted molar refractivity (Wildman–Crippen MR) is 70.7 cm³/mol. The fourth-order valence-electron chi connectivity index (χ4n) is 2.01. The number of halogens is 2. The summed E-state index contributed by atoms with van der Waals surface area (Å²) in [4.78, 5) is 0. The van der Waals surface area contributed by atoms with Crippen molar-refractivity contribution >= 4 is 0 Å². The normalized spacial score (nSPS) is 10.8. The van der Waals surface area contributed by atoms with Crippen LogP contribution in [0.15, 0.2) is 24.3 Å². The average molecular weight is 246 g/mol. The molecule has 0 saturated carbocycles. The Morgan fingerprint density at radius 2 is 1.00 bits per heavy atom. The highest BCUT2D eigenvalue weighted by Gasteiger charge is 2.09. The van der Waals surface area contributed by atoms with Gasteiger partial charge in [-0.15, -0.1) is 0 Å². The molecule has 2 aromatic rings. The van der Waals surface area contributed by atoms with E-state index in [1.165, 1.54) is 24.6 Å². The van der Waals surface area contributed by atoms with Crippen molar-refractivity contribution in [3.05, 3.63) is 58.2 Å². The maximum Gasteiger partial charge on any atom is 0.129 e. The molecular formula is C16H16F2. The third kappa shape index (κ3) is 2.15. The zero-order chi connectivity index (χ0) is 13.4. The van der Waals surface area contributed by atoms with Crippen LogP contribution in [-0.4, -0.2) is 0 Å². The molecule has 2 heteroatoms. The molecule has 0 amide bonds. The maximum atomic E-state index is 13.6. The van der Waals surface area contributed by atoms with Crippen LogP contribution in [-0.2, 0) is 0 Å². The van der Waals surface area contributed by atoms with Crippen LogP contribution in [0.2, 0.25) is 0 Å². The first-order chi connectivity index (χ1) is 8.40. The van der Waals surface area contributed by atoms with Crippen molar-refractivity contribution in [1.82, 2.24) is 0 Å². The first kappa shape index (κ1) is 12.7. The molecule has 0 unspecified atom stereocenters. The summed E-state index contributed by atoms with van der Waals surface area (Å²) in [5, 5.41) is 0. The Balaban J connectivity index is 2.63. The van der Waals surface area contributed by atoms with Crippen LogP contribution < -0.4 is 0 Å². The van der Waals surface area contributed by atoms with Gasteiger partial charge in [-0.3, -0.25) is 0 Å². The van der Waals surface area contributed by atoms with Gasteiger partial charge in [0.2, 0.25) is 0 Å². The summed E-state index contributed by atoms with van der Waals surface area (Å²) in [5.41, 5.74) is 4.99. The van der Waals surface area contributed by atoms with Crippen LogP contribution in [0.5, 0.6) is 0 Å². The zero-order valence-corrected chi connectivity index (χ0v) is 11.1. The summed E-state index contributed by atoms with van der Waals surface area (Å²) in [6.45, 7) is 7.50. The van der Waals surface area contributed by atoms with Crippen molar-refractivity contribution in [2.45, 2.75) is 27.7 Å². The number of benzene rings is 2. The van der Waals surface area contributed by atoms with Crippen LogP contribution in [0.4, 0.5) is 8.78 Å². The van der Waals surface area contributed by atoms with Gasteiger partial charge in [0, 0.05) is 5.56 Å². The number of hydrogen-bond acceptors (Lipinski definition) is 0. The van der Waals surface area contributed by atoms with Crippen LogP contribution in [0, 0.1) is 39.3 Å². The predicted octanol–water partition coefficient (Wildman–Crippen LogP) is 4.87. The second-order valence-electron chi connectivity index (χ2n) is 4.80. The van der Waals surface area contributed by atoms with Crippen molar-refractivity contribution in [2.24, 2.45) is 0 Å². The zero-order valence-electron chi connectivity index (χ0n) is 11.1. The van der Waals surface area contributed by atoms with Gasteiger partial charge >= 0.3 is 0 Å². The van der Waals surface area contributed by atoms with Gasteiger partial charge in [-0.1, -0.05) is 12.1 Å². The molecule has 0 aliphatic carbocycles. The topological polar surface area (TPSA) is 0 Å². The highest BCUT2D eigenvalue weighted by molar-refractivity contribution is 5.66. The van der Waals surface area contributed by atoms with Crippen LogP contribution in [0.1, 0.15) is 22.3 Å². The summed E-state index contributed by atoms with van der Waals surface area (Å²) < 4.78 is 27.1. The molecule has 2 rings (SSSR count). The van der Waals surface area contributed by atoms with Crippen molar-refractivity contribution in [3.63, 3.8) is 0 Å². The van der Waals surface area contributed by atoms with Crippen molar-refractivity contribution in [1.29, 1.82) is 0 Å². The lowest BCUT2D eigenvalue weighted by Gasteiger charge is -2.10. The average Bonchev–Trinajstić information content (AvgIpc) is 2.31. The molecular weight excluding hydrogens is 230 g/mol. The highest BCUT2D eigenvalue weighted by Crippen LogP contribution is 2.27. The van der Waals surface area contributed by atoms with Gasteiger partial charge in [0.25, 0.3) is 0 Å².